The summed E-state index contributed by atoms with van der Waals surface area (Å²) in [6.45, 7) is 14.6. The van der Waals surface area contributed by atoms with Crippen LogP contribution in [0.3, 0.4) is 0 Å². The second kappa shape index (κ2) is 10.9. The first-order valence-electron chi connectivity index (χ1n) is 10.9. The van der Waals surface area contributed by atoms with Gasteiger partial charge in [-0.05, 0) is 53.7 Å². The van der Waals surface area contributed by atoms with Crippen molar-refractivity contribution in [2.45, 2.75) is 89.6 Å². The molecule has 1 aromatic rings. The first-order valence-corrected chi connectivity index (χ1v) is 12.3. The van der Waals surface area contributed by atoms with Gasteiger partial charge < -0.3 is 9.47 Å². The van der Waals surface area contributed by atoms with Gasteiger partial charge in [0.2, 0.25) is 0 Å². The van der Waals surface area contributed by atoms with E-state index in [9.17, 15) is 8.42 Å². The summed E-state index contributed by atoms with van der Waals surface area (Å²) in [7, 11) is -3.90. The van der Waals surface area contributed by atoms with Crippen molar-refractivity contribution in [3.63, 3.8) is 0 Å². The lowest BCUT2D eigenvalue weighted by molar-refractivity contribution is 0.0189. The molecule has 1 aliphatic heterocycles. The third-order valence-electron chi connectivity index (χ3n) is 5.36. The normalized spacial score (nSPS) is 19.8. The molecule has 29 heavy (non-hydrogen) atoms. The smallest absolute Gasteiger partial charge is 0.297 e. The lowest BCUT2D eigenvalue weighted by atomic mass is 9.89. The van der Waals surface area contributed by atoms with Crippen LogP contribution in [0.5, 0.6) is 0 Å². The van der Waals surface area contributed by atoms with Crippen LogP contribution in [0.4, 0.5) is 0 Å². The Morgan fingerprint density at radius 1 is 0.828 bits per heavy atom. The fourth-order valence-electron chi connectivity index (χ4n) is 3.60. The van der Waals surface area contributed by atoms with E-state index in [1.54, 1.807) is 0 Å². The number of rotatable bonds is 6. The topological polar surface area (TPSA) is 61.8 Å². The van der Waals surface area contributed by atoms with E-state index >= 15 is 0 Å². The molecule has 1 heterocycles. The summed E-state index contributed by atoms with van der Waals surface area (Å²) in [6.07, 6.45) is 1.59. The highest BCUT2D eigenvalue weighted by molar-refractivity contribution is 7.86. The number of hydrogen-bond acceptors (Lipinski definition) is 5. The van der Waals surface area contributed by atoms with Crippen molar-refractivity contribution in [2.75, 3.05) is 26.4 Å². The average Bonchev–Trinajstić information content (AvgIpc) is 2.65. The molecule has 0 aliphatic carbocycles. The average molecular weight is 427 g/mol. The van der Waals surface area contributed by atoms with Crippen LogP contribution in [0.1, 0.15) is 95.2 Å². The van der Waals surface area contributed by atoms with Crippen molar-refractivity contribution in [1.29, 1.82) is 0 Å². The Hall–Kier alpha value is -0.950. The summed E-state index contributed by atoms with van der Waals surface area (Å²) in [5.74, 6) is 0.499. The number of hydrogen-bond donors (Lipinski definition) is 0. The van der Waals surface area contributed by atoms with Crippen LogP contribution in [0, 0.1) is 0 Å². The summed E-state index contributed by atoms with van der Waals surface area (Å²) >= 11 is 0. The fourth-order valence-corrected chi connectivity index (χ4v) is 5.41. The molecule has 1 aliphatic rings. The molecule has 0 amide bonds. The zero-order valence-electron chi connectivity index (χ0n) is 18.9. The summed E-state index contributed by atoms with van der Waals surface area (Å²) in [5, 5.41) is 0. The van der Waals surface area contributed by atoms with Crippen LogP contribution in [0.25, 0.3) is 0 Å². The quantitative estimate of drug-likeness (QED) is 0.574. The van der Waals surface area contributed by atoms with Crippen molar-refractivity contribution < 1.29 is 22.1 Å². The molecule has 1 unspecified atom stereocenters. The third-order valence-corrected chi connectivity index (χ3v) is 6.86. The molecule has 0 bridgehead atoms. The highest BCUT2D eigenvalue weighted by atomic mass is 32.2. The maximum Gasteiger partial charge on any atom is 0.297 e. The Labute approximate surface area is 177 Å². The van der Waals surface area contributed by atoms with Crippen LogP contribution < -0.4 is 0 Å². The second-order valence-corrected chi connectivity index (χ2v) is 10.3. The van der Waals surface area contributed by atoms with Gasteiger partial charge >= 0.3 is 0 Å². The maximum atomic E-state index is 13.5. The first kappa shape index (κ1) is 24.3. The van der Waals surface area contributed by atoms with Gasteiger partial charge in [-0.3, -0.25) is 4.18 Å². The summed E-state index contributed by atoms with van der Waals surface area (Å²) in [4.78, 5) is 0.362. The van der Waals surface area contributed by atoms with Crippen molar-refractivity contribution >= 4 is 10.1 Å². The fraction of sp³-hybridized carbons (Fsp3) is 0.739. The third kappa shape index (κ3) is 6.78. The molecule has 1 saturated heterocycles. The molecule has 6 heteroatoms. The van der Waals surface area contributed by atoms with E-state index < -0.39 is 16.2 Å². The van der Waals surface area contributed by atoms with E-state index in [4.69, 9.17) is 13.7 Å². The lowest BCUT2D eigenvalue weighted by Crippen LogP contribution is -2.24. The molecule has 1 atom stereocenters. The SMILES string of the molecule is CC(C)c1cc(C(C)C)c(S(=O)(=O)OC2CCCOCCOCC2)c(C(C)C)c1. The van der Waals surface area contributed by atoms with Crippen LogP contribution >= 0.6 is 0 Å². The molecule has 0 N–H and O–H groups in total. The van der Waals surface area contributed by atoms with Gasteiger partial charge in [0.1, 0.15) is 4.90 Å². The second-order valence-electron chi connectivity index (χ2n) is 8.82. The van der Waals surface area contributed by atoms with Crippen LogP contribution in [0.2, 0.25) is 0 Å². The van der Waals surface area contributed by atoms with E-state index in [-0.39, 0.29) is 11.8 Å². The van der Waals surface area contributed by atoms with Gasteiger partial charge in [-0.15, -0.1) is 0 Å². The molecule has 0 spiro atoms. The molecule has 0 radical (unpaired) electrons. The number of ether oxygens (including phenoxy) is 2. The maximum absolute atomic E-state index is 13.5. The number of benzene rings is 1. The van der Waals surface area contributed by atoms with Gasteiger partial charge in [0, 0.05) is 13.2 Å². The van der Waals surface area contributed by atoms with Gasteiger partial charge in [0.25, 0.3) is 10.1 Å². The summed E-state index contributed by atoms with van der Waals surface area (Å²) in [6, 6.07) is 4.09. The Morgan fingerprint density at radius 3 is 1.90 bits per heavy atom. The standard InChI is InChI=1S/C23H38O5S/c1-16(2)19-14-21(17(3)4)23(22(15-19)18(5)6)29(24,25)28-20-8-7-10-26-12-13-27-11-9-20/h14-18,20H,7-13H2,1-6H3. The predicted octanol–water partition coefficient (Wildman–Crippen LogP) is 5.35. The predicted molar refractivity (Wildman–Crippen MR) is 116 cm³/mol. The Balaban J connectivity index is 2.43. The zero-order valence-corrected chi connectivity index (χ0v) is 19.7. The summed E-state index contributed by atoms with van der Waals surface area (Å²) in [5.41, 5.74) is 2.86. The molecular weight excluding hydrogens is 388 g/mol. The molecular formula is C23H38O5S. The molecule has 0 aromatic heterocycles. The van der Waals surface area contributed by atoms with E-state index in [0.29, 0.717) is 50.1 Å². The lowest BCUT2D eigenvalue weighted by Gasteiger charge is -2.25. The van der Waals surface area contributed by atoms with Gasteiger partial charge in [-0.25, -0.2) is 0 Å². The van der Waals surface area contributed by atoms with Crippen LogP contribution in [-0.4, -0.2) is 40.9 Å². The first-order chi connectivity index (χ1) is 13.6. The molecule has 0 saturated carbocycles. The minimum Gasteiger partial charge on any atom is -0.379 e. The van der Waals surface area contributed by atoms with Crippen molar-refractivity contribution in [2.24, 2.45) is 0 Å². The largest absolute Gasteiger partial charge is 0.379 e. The Morgan fingerprint density at radius 2 is 1.38 bits per heavy atom. The van der Waals surface area contributed by atoms with E-state index in [2.05, 4.69) is 13.8 Å². The molecule has 1 aromatic carbocycles. The molecule has 1 fully saturated rings. The van der Waals surface area contributed by atoms with Crippen molar-refractivity contribution in [1.82, 2.24) is 0 Å². The molecule has 5 nitrogen and oxygen atoms in total. The van der Waals surface area contributed by atoms with Crippen molar-refractivity contribution in [3.8, 4) is 0 Å². The Bertz CT molecular complexity index is 714. The van der Waals surface area contributed by atoms with Gasteiger partial charge in [-0.2, -0.15) is 8.42 Å². The van der Waals surface area contributed by atoms with E-state index in [1.165, 1.54) is 5.56 Å². The van der Waals surface area contributed by atoms with Crippen LogP contribution in [0.15, 0.2) is 17.0 Å². The van der Waals surface area contributed by atoms with E-state index in [0.717, 1.165) is 17.5 Å². The van der Waals surface area contributed by atoms with Crippen LogP contribution in [-0.2, 0) is 23.8 Å². The van der Waals surface area contributed by atoms with Gasteiger partial charge in [0.15, 0.2) is 0 Å². The van der Waals surface area contributed by atoms with E-state index in [1.807, 2.05) is 39.8 Å². The van der Waals surface area contributed by atoms with Crippen molar-refractivity contribution in [3.05, 3.63) is 28.8 Å². The molecule has 2 rings (SSSR count). The van der Waals surface area contributed by atoms with Gasteiger partial charge in [-0.1, -0.05) is 53.7 Å². The minimum absolute atomic E-state index is 0.0837. The summed E-state index contributed by atoms with van der Waals surface area (Å²) < 4.78 is 43.8. The zero-order chi connectivity index (χ0) is 21.6. The monoisotopic (exact) mass is 426 g/mol. The highest BCUT2D eigenvalue weighted by Crippen LogP contribution is 2.36. The highest BCUT2D eigenvalue weighted by Gasteiger charge is 2.30. The molecule has 166 valence electrons. The Kier molecular flexibility index (Phi) is 9.14. The minimum atomic E-state index is -3.90. The van der Waals surface area contributed by atoms with Gasteiger partial charge in [0.05, 0.1) is 19.3 Å².